The van der Waals surface area contributed by atoms with Crippen LogP contribution in [-0.4, -0.2) is 86.1 Å². The molecule has 3 amide bonds. The zero-order valence-electron chi connectivity index (χ0n) is 23.2. The lowest BCUT2D eigenvalue weighted by atomic mass is 9.95. The number of aliphatic hydroxyl groups is 1. The van der Waals surface area contributed by atoms with Crippen molar-refractivity contribution in [2.45, 2.75) is 23.9 Å². The van der Waals surface area contributed by atoms with Gasteiger partial charge in [0.1, 0.15) is 41.2 Å². The fourth-order valence-electron chi connectivity index (χ4n) is 4.88. The van der Waals surface area contributed by atoms with Crippen LogP contribution >= 0.6 is 11.8 Å². The van der Waals surface area contributed by atoms with Gasteiger partial charge in [0.05, 0.1) is 13.7 Å². The number of esters is 1. The van der Waals surface area contributed by atoms with Crippen LogP contribution in [0.1, 0.15) is 33.4 Å². The highest BCUT2D eigenvalue weighted by molar-refractivity contribution is 8.00. The number of fused-ring (bicyclic) bond motifs is 1. The van der Waals surface area contributed by atoms with Crippen molar-refractivity contribution in [3.63, 3.8) is 0 Å². The number of carboxylic acid groups (broad SMARTS) is 1. The predicted octanol–water partition coefficient (Wildman–Crippen LogP) is 1.21. The number of aromatic amines is 1. The van der Waals surface area contributed by atoms with E-state index in [-0.39, 0.29) is 35.1 Å². The van der Waals surface area contributed by atoms with Gasteiger partial charge >= 0.3 is 11.9 Å². The number of methoxy groups -OCH3 is 1. The minimum atomic E-state index is -1.35. The van der Waals surface area contributed by atoms with Gasteiger partial charge < -0.3 is 35.3 Å². The Hall–Kier alpha value is -5.15. The van der Waals surface area contributed by atoms with E-state index < -0.39 is 47.7 Å². The molecule has 0 saturated carbocycles. The topological polar surface area (TPSA) is 200 Å². The van der Waals surface area contributed by atoms with Crippen molar-refractivity contribution >= 4 is 47.6 Å². The van der Waals surface area contributed by atoms with Crippen LogP contribution in [-0.2, 0) is 30.5 Å². The second-order valence-electron chi connectivity index (χ2n) is 9.73. The van der Waals surface area contributed by atoms with E-state index in [4.69, 9.17) is 9.47 Å². The molecule has 0 spiro atoms. The quantitative estimate of drug-likeness (QED) is 0.111. The maximum atomic E-state index is 13.8. The highest BCUT2D eigenvalue weighted by Gasteiger charge is 2.54. The number of aromatic nitrogens is 2. The van der Waals surface area contributed by atoms with Gasteiger partial charge in [-0.2, -0.15) is 0 Å². The second-order valence-corrected chi connectivity index (χ2v) is 10.8. The Balaban J connectivity index is 1.37. The summed E-state index contributed by atoms with van der Waals surface area (Å²) in [4.78, 5) is 70.7. The van der Waals surface area contributed by atoms with Crippen molar-refractivity contribution < 1.29 is 43.7 Å². The number of H-pyrrole nitrogens is 1. The lowest BCUT2D eigenvalue weighted by Gasteiger charge is -2.49. The van der Waals surface area contributed by atoms with Gasteiger partial charge in [-0.1, -0.05) is 24.3 Å². The predicted molar refractivity (Wildman–Crippen MR) is 155 cm³/mol. The standard InChI is InChI=1S/C29H27N5O9S/c1-42-19-7-5-15(6-8-19)12-43-29(41)20-10-30-24(32-20)21(16-3-2-4-18(9-16)31-14-36)25(37)33-22-26(38)34-23(28(39)40)17(11-35)13-44-27(22)34/h2-10,14,21-22,27,35H,11-13H2,1H3,(H,30,32)(H,31,36)(H,33,37)(H,39,40)/t21?,22-,27+/m1/s1. The zero-order chi connectivity index (χ0) is 31.4. The molecule has 1 unspecified atom stereocenters. The fraction of sp³-hybridized carbons (Fsp3) is 0.241. The molecule has 2 aliphatic heterocycles. The molecule has 2 aromatic carbocycles. The molecule has 15 heteroatoms. The van der Waals surface area contributed by atoms with E-state index in [2.05, 4.69) is 20.6 Å². The molecule has 2 aliphatic rings. The lowest BCUT2D eigenvalue weighted by Crippen LogP contribution is -2.71. The number of benzene rings is 2. The maximum absolute atomic E-state index is 13.8. The Morgan fingerprint density at radius 3 is 2.68 bits per heavy atom. The van der Waals surface area contributed by atoms with Gasteiger partial charge in [-0.05, 0) is 41.0 Å². The number of hydrogen-bond donors (Lipinski definition) is 5. The highest BCUT2D eigenvalue weighted by atomic mass is 32.2. The highest BCUT2D eigenvalue weighted by Crippen LogP contribution is 2.40. The number of anilines is 1. The third kappa shape index (κ3) is 6.00. The summed E-state index contributed by atoms with van der Waals surface area (Å²) < 4.78 is 10.5. The Labute approximate surface area is 254 Å². The summed E-state index contributed by atoms with van der Waals surface area (Å²) >= 11 is 1.22. The number of carbonyl (C=O) groups is 5. The number of imidazole rings is 1. The van der Waals surface area contributed by atoms with Gasteiger partial charge in [0.2, 0.25) is 12.3 Å². The lowest BCUT2D eigenvalue weighted by molar-refractivity contribution is -0.150. The zero-order valence-corrected chi connectivity index (χ0v) is 24.0. The number of amides is 3. The van der Waals surface area contributed by atoms with Crippen molar-refractivity contribution in [1.82, 2.24) is 20.2 Å². The Morgan fingerprint density at radius 2 is 2.00 bits per heavy atom. The van der Waals surface area contributed by atoms with Gasteiger partial charge in [-0.3, -0.25) is 19.3 Å². The smallest absolute Gasteiger partial charge is 0.358 e. The van der Waals surface area contributed by atoms with Crippen LogP contribution in [0.25, 0.3) is 0 Å². The molecule has 0 radical (unpaired) electrons. The first-order chi connectivity index (χ1) is 21.2. The average molecular weight is 622 g/mol. The molecule has 14 nitrogen and oxygen atoms in total. The van der Waals surface area contributed by atoms with Crippen LogP contribution in [0, 0.1) is 0 Å². The molecule has 1 saturated heterocycles. The summed E-state index contributed by atoms with van der Waals surface area (Å²) in [6, 6.07) is 12.3. The van der Waals surface area contributed by atoms with Gasteiger partial charge in [0.15, 0.2) is 5.69 Å². The van der Waals surface area contributed by atoms with Crippen LogP contribution < -0.4 is 15.4 Å². The number of aliphatic carboxylic acids is 1. The first kappa shape index (κ1) is 30.3. The van der Waals surface area contributed by atoms with Gasteiger partial charge in [0, 0.05) is 17.6 Å². The largest absolute Gasteiger partial charge is 0.497 e. The molecule has 3 atom stereocenters. The molecule has 44 heavy (non-hydrogen) atoms. The molecule has 1 aromatic heterocycles. The molecule has 5 N–H and O–H groups in total. The van der Waals surface area contributed by atoms with Crippen molar-refractivity contribution in [3.05, 3.63) is 88.6 Å². The minimum Gasteiger partial charge on any atom is -0.497 e. The summed E-state index contributed by atoms with van der Waals surface area (Å²) in [5, 5.41) is 23.7. The average Bonchev–Trinajstić information content (AvgIpc) is 3.52. The van der Waals surface area contributed by atoms with E-state index in [1.54, 1.807) is 55.6 Å². The van der Waals surface area contributed by atoms with E-state index >= 15 is 0 Å². The molecule has 1 fully saturated rings. The third-order valence-electron chi connectivity index (χ3n) is 7.06. The number of β-lactam (4-membered cyclic amide) rings is 1. The molecule has 5 rings (SSSR count). The number of carboxylic acids is 1. The molecule has 0 bridgehead atoms. The van der Waals surface area contributed by atoms with Crippen LogP contribution in [0.5, 0.6) is 5.75 Å². The molecule has 3 heterocycles. The van der Waals surface area contributed by atoms with Crippen molar-refractivity contribution in [2.24, 2.45) is 0 Å². The first-order valence-corrected chi connectivity index (χ1v) is 14.3. The van der Waals surface area contributed by atoms with Gasteiger partial charge in [-0.15, -0.1) is 11.8 Å². The molecule has 228 valence electrons. The van der Waals surface area contributed by atoms with Crippen LogP contribution in [0.2, 0.25) is 0 Å². The number of ether oxygens (including phenoxy) is 2. The van der Waals surface area contributed by atoms with E-state index in [0.717, 1.165) is 10.5 Å². The van der Waals surface area contributed by atoms with Crippen LogP contribution in [0.15, 0.2) is 66.0 Å². The van der Waals surface area contributed by atoms with E-state index in [1.807, 2.05) is 0 Å². The van der Waals surface area contributed by atoms with Gasteiger partial charge in [-0.25, -0.2) is 14.6 Å². The van der Waals surface area contributed by atoms with Crippen LogP contribution in [0.3, 0.4) is 0 Å². The van der Waals surface area contributed by atoms with E-state index in [0.29, 0.717) is 23.4 Å². The Kier molecular flexibility index (Phi) is 8.96. The molecular formula is C29H27N5O9S. The Morgan fingerprint density at radius 1 is 1.23 bits per heavy atom. The number of carbonyl (C=O) groups excluding carboxylic acids is 4. The van der Waals surface area contributed by atoms with Crippen molar-refractivity contribution in [2.75, 3.05) is 24.8 Å². The summed E-state index contributed by atoms with van der Waals surface area (Å²) in [6.45, 7) is -0.544. The minimum absolute atomic E-state index is 0.0293. The monoisotopic (exact) mass is 621 g/mol. The number of hydrogen-bond acceptors (Lipinski definition) is 10. The summed E-state index contributed by atoms with van der Waals surface area (Å²) in [6.07, 6.45) is 1.78. The van der Waals surface area contributed by atoms with E-state index in [1.165, 1.54) is 18.0 Å². The normalized spacial score (nSPS) is 18.0. The van der Waals surface area contributed by atoms with E-state index in [9.17, 15) is 34.2 Å². The van der Waals surface area contributed by atoms with Crippen LogP contribution in [0.4, 0.5) is 5.69 Å². The van der Waals surface area contributed by atoms with Crippen molar-refractivity contribution in [3.8, 4) is 5.75 Å². The number of thioether (sulfide) groups is 1. The molecule has 3 aromatic rings. The molecular weight excluding hydrogens is 594 g/mol. The van der Waals surface area contributed by atoms with Crippen molar-refractivity contribution in [1.29, 1.82) is 0 Å². The number of rotatable bonds is 12. The third-order valence-corrected chi connectivity index (χ3v) is 8.40. The second kappa shape index (κ2) is 13.0. The Bertz CT molecular complexity index is 1640. The SMILES string of the molecule is COc1ccc(COC(=O)c2c[nH]c(C(C(=O)N[C@@H]3C(=O)N4C(C(=O)O)=C(CO)CS[C@@H]34)c3cccc(NC=O)c3)n2)cc1. The summed E-state index contributed by atoms with van der Waals surface area (Å²) in [5.41, 5.74) is 1.32. The molecule has 0 aliphatic carbocycles. The summed E-state index contributed by atoms with van der Waals surface area (Å²) in [7, 11) is 1.54. The number of nitrogens with zero attached hydrogens (tertiary/aromatic N) is 2. The fourth-order valence-corrected chi connectivity index (χ4v) is 6.22. The summed E-state index contributed by atoms with van der Waals surface area (Å²) in [5.74, 6) is -3.67. The number of aliphatic hydroxyl groups excluding tert-OH is 1. The maximum Gasteiger partial charge on any atom is 0.358 e. The number of nitrogens with one attached hydrogen (secondary N) is 3. The first-order valence-electron chi connectivity index (χ1n) is 13.2. The van der Waals surface area contributed by atoms with Gasteiger partial charge in [0.25, 0.3) is 5.91 Å².